The topological polar surface area (TPSA) is 92.0 Å². The summed E-state index contributed by atoms with van der Waals surface area (Å²) in [5.74, 6) is -1.50. The zero-order valence-corrected chi connectivity index (χ0v) is 8.84. The first kappa shape index (κ1) is 10.6. The minimum Gasteiger partial charge on any atom is -0.481 e. The van der Waals surface area contributed by atoms with E-state index in [4.69, 9.17) is 10.8 Å². The van der Waals surface area contributed by atoms with Crippen LogP contribution in [0.5, 0.6) is 0 Å². The lowest BCUT2D eigenvalue weighted by Gasteiger charge is -2.16. The molecule has 0 aliphatic carbocycles. The van der Waals surface area contributed by atoms with E-state index in [1.165, 1.54) is 0 Å². The van der Waals surface area contributed by atoms with Crippen LogP contribution in [0.3, 0.4) is 0 Å². The fraction of sp³-hybridized carbons (Fsp3) is 0.273. The number of aromatic amines is 1. The number of nitrogens with two attached hydrogens (primary N) is 1. The second kappa shape index (κ2) is 3.94. The molecular formula is C11H13N3O2. The molecule has 1 aromatic carbocycles. The van der Waals surface area contributed by atoms with Crippen LogP contribution in [0.1, 0.15) is 18.5 Å². The molecule has 0 radical (unpaired) electrons. The molecule has 0 aliphatic rings. The van der Waals surface area contributed by atoms with Crippen LogP contribution in [0.2, 0.25) is 0 Å². The van der Waals surface area contributed by atoms with Crippen LogP contribution in [-0.2, 0) is 4.79 Å². The van der Waals surface area contributed by atoms with Crippen molar-refractivity contribution in [3.05, 3.63) is 30.1 Å². The molecule has 2 aromatic rings. The number of aliphatic carboxylic acids is 1. The van der Waals surface area contributed by atoms with Crippen LogP contribution < -0.4 is 5.73 Å². The molecule has 5 nitrogen and oxygen atoms in total. The van der Waals surface area contributed by atoms with Crippen molar-refractivity contribution in [1.29, 1.82) is 0 Å². The zero-order valence-electron chi connectivity index (χ0n) is 8.84. The van der Waals surface area contributed by atoms with Gasteiger partial charge in [0.2, 0.25) is 0 Å². The number of aromatic nitrogens is 2. The number of fused-ring (bicyclic) bond motifs is 1. The maximum atomic E-state index is 10.8. The summed E-state index contributed by atoms with van der Waals surface area (Å²) in [6.45, 7) is 1.60. The number of carboxylic acids is 1. The van der Waals surface area contributed by atoms with Gasteiger partial charge in [0.05, 0.1) is 23.3 Å². The largest absolute Gasteiger partial charge is 0.481 e. The molecule has 2 atom stereocenters. The van der Waals surface area contributed by atoms with Gasteiger partial charge in [-0.15, -0.1) is 0 Å². The molecular weight excluding hydrogens is 206 g/mol. The van der Waals surface area contributed by atoms with Crippen molar-refractivity contribution < 1.29 is 9.90 Å². The van der Waals surface area contributed by atoms with Crippen LogP contribution in [0.15, 0.2) is 24.5 Å². The second-order valence-corrected chi connectivity index (χ2v) is 3.83. The molecule has 1 heterocycles. The summed E-state index contributed by atoms with van der Waals surface area (Å²) in [4.78, 5) is 17.9. The lowest BCUT2D eigenvalue weighted by Crippen LogP contribution is -2.25. The maximum Gasteiger partial charge on any atom is 0.308 e. The SMILES string of the molecule is CC(C(=O)O)C(N)c1ccc2nc[nH]c2c1. The average Bonchev–Trinajstić information content (AvgIpc) is 2.73. The van der Waals surface area contributed by atoms with Crippen molar-refractivity contribution in [3.8, 4) is 0 Å². The van der Waals surface area contributed by atoms with E-state index >= 15 is 0 Å². The Bertz CT molecular complexity index is 521. The third kappa shape index (κ3) is 1.77. The lowest BCUT2D eigenvalue weighted by atomic mass is 9.95. The number of nitrogens with one attached hydrogen (secondary N) is 1. The van der Waals surface area contributed by atoms with Gasteiger partial charge in [-0.05, 0) is 17.7 Å². The van der Waals surface area contributed by atoms with Gasteiger partial charge in [-0.2, -0.15) is 0 Å². The van der Waals surface area contributed by atoms with Gasteiger partial charge in [-0.3, -0.25) is 4.79 Å². The Balaban J connectivity index is 2.35. The first-order valence-electron chi connectivity index (χ1n) is 5.01. The van der Waals surface area contributed by atoms with E-state index in [2.05, 4.69) is 9.97 Å². The van der Waals surface area contributed by atoms with Gasteiger partial charge < -0.3 is 15.8 Å². The van der Waals surface area contributed by atoms with E-state index in [1.54, 1.807) is 13.3 Å². The lowest BCUT2D eigenvalue weighted by molar-refractivity contribution is -0.141. The monoisotopic (exact) mass is 219 g/mol. The molecule has 4 N–H and O–H groups in total. The molecule has 2 unspecified atom stereocenters. The van der Waals surface area contributed by atoms with E-state index in [0.717, 1.165) is 16.6 Å². The molecule has 0 bridgehead atoms. The minimum atomic E-state index is -0.891. The Morgan fingerprint density at radius 1 is 1.56 bits per heavy atom. The summed E-state index contributed by atoms with van der Waals surface area (Å²) >= 11 is 0. The fourth-order valence-electron chi connectivity index (χ4n) is 1.60. The first-order chi connectivity index (χ1) is 7.59. The Morgan fingerprint density at radius 2 is 2.31 bits per heavy atom. The highest BCUT2D eigenvalue weighted by Gasteiger charge is 2.21. The van der Waals surface area contributed by atoms with E-state index in [0.29, 0.717) is 0 Å². The number of H-pyrrole nitrogens is 1. The Labute approximate surface area is 92.3 Å². The summed E-state index contributed by atoms with van der Waals surface area (Å²) in [5, 5.41) is 8.89. The first-order valence-corrected chi connectivity index (χ1v) is 5.01. The molecule has 0 aliphatic heterocycles. The molecule has 0 amide bonds. The quantitative estimate of drug-likeness (QED) is 0.725. The highest BCUT2D eigenvalue weighted by atomic mass is 16.4. The summed E-state index contributed by atoms with van der Waals surface area (Å²) < 4.78 is 0. The Morgan fingerprint density at radius 3 is 3.00 bits per heavy atom. The summed E-state index contributed by atoms with van der Waals surface area (Å²) in [7, 11) is 0. The van der Waals surface area contributed by atoms with E-state index in [1.807, 2.05) is 18.2 Å². The predicted molar refractivity (Wildman–Crippen MR) is 59.8 cm³/mol. The number of carbonyl (C=O) groups is 1. The predicted octanol–water partition coefficient (Wildman–Crippen LogP) is 1.28. The number of rotatable bonds is 3. The van der Waals surface area contributed by atoms with Crippen molar-refractivity contribution >= 4 is 17.0 Å². The van der Waals surface area contributed by atoms with Gasteiger partial charge >= 0.3 is 5.97 Å². The van der Waals surface area contributed by atoms with Gasteiger partial charge in [0, 0.05) is 6.04 Å². The molecule has 0 saturated heterocycles. The number of imidazole rings is 1. The average molecular weight is 219 g/mol. The minimum absolute atomic E-state index is 0.509. The molecule has 0 saturated carbocycles. The molecule has 0 spiro atoms. The van der Waals surface area contributed by atoms with Crippen LogP contribution in [0.4, 0.5) is 0 Å². The van der Waals surface area contributed by atoms with Crippen molar-refractivity contribution in [3.63, 3.8) is 0 Å². The summed E-state index contributed by atoms with van der Waals surface area (Å²) in [6.07, 6.45) is 1.60. The number of benzene rings is 1. The van der Waals surface area contributed by atoms with Gasteiger partial charge in [0.15, 0.2) is 0 Å². The number of nitrogens with zero attached hydrogens (tertiary/aromatic N) is 1. The number of carboxylic acid groups (broad SMARTS) is 1. The highest BCUT2D eigenvalue weighted by Crippen LogP contribution is 2.22. The van der Waals surface area contributed by atoms with Gasteiger partial charge in [-0.1, -0.05) is 13.0 Å². The van der Waals surface area contributed by atoms with Crippen molar-refractivity contribution in [2.24, 2.45) is 11.7 Å². The van der Waals surface area contributed by atoms with Crippen LogP contribution >= 0.6 is 0 Å². The normalized spacial score (nSPS) is 14.9. The number of hydrogen-bond acceptors (Lipinski definition) is 3. The molecule has 1 aromatic heterocycles. The van der Waals surface area contributed by atoms with Crippen LogP contribution in [0, 0.1) is 5.92 Å². The Hall–Kier alpha value is -1.88. The number of hydrogen-bond donors (Lipinski definition) is 3. The fourth-order valence-corrected chi connectivity index (χ4v) is 1.60. The van der Waals surface area contributed by atoms with Crippen molar-refractivity contribution in [2.75, 3.05) is 0 Å². The third-order valence-electron chi connectivity index (χ3n) is 2.76. The molecule has 0 fully saturated rings. The Kier molecular flexibility index (Phi) is 2.62. The highest BCUT2D eigenvalue weighted by molar-refractivity contribution is 5.76. The van der Waals surface area contributed by atoms with Crippen molar-refractivity contribution in [1.82, 2.24) is 9.97 Å². The van der Waals surface area contributed by atoms with Crippen LogP contribution in [-0.4, -0.2) is 21.0 Å². The van der Waals surface area contributed by atoms with Gasteiger partial charge in [-0.25, -0.2) is 4.98 Å². The van der Waals surface area contributed by atoms with Crippen molar-refractivity contribution in [2.45, 2.75) is 13.0 Å². The van der Waals surface area contributed by atoms with Gasteiger partial charge in [0.25, 0.3) is 0 Å². The van der Waals surface area contributed by atoms with E-state index in [9.17, 15) is 4.79 Å². The summed E-state index contributed by atoms with van der Waals surface area (Å²) in [6, 6.07) is 4.97. The zero-order chi connectivity index (χ0) is 11.7. The van der Waals surface area contributed by atoms with E-state index in [-0.39, 0.29) is 0 Å². The van der Waals surface area contributed by atoms with Crippen LogP contribution in [0.25, 0.3) is 11.0 Å². The van der Waals surface area contributed by atoms with Gasteiger partial charge in [0.1, 0.15) is 0 Å². The standard InChI is InChI=1S/C11H13N3O2/c1-6(11(15)16)10(12)7-2-3-8-9(4-7)14-5-13-8/h2-6,10H,12H2,1H3,(H,13,14)(H,15,16). The van der Waals surface area contributed by atoms with E-state index < -0.39 is 17.9 Å². The molecule has 2 rings (SSSR count). The second-order valence-electron chi connectivity index (χ2n) is 3.83. The smallest absolute Gasteiger partial charge is 0.308 e. The molecule has 5 heteroatoms. The third-order valence-corrected chi connectivity index (χ3v) is 2.76. The molecule has 16 heavy (non-hydrogen) atoms. The molecule has 84 valence electrons. The maximum absolute atomic E-state index is 10.8. The summed E-state index contributed by atoms with van der Waals surface area (Å²) in [5.41, 5.74) is 8.39.